The van der Waals surface area contributed by atoms with E-state index in [1.54, 1.807) is 78.9 Å². The molecule has 2 saturated heterocycles. The van der Waals surface area contributed by atoms with Crippen LogP contribution in [-0.4, -0.2) is 41.6 Å². The number of halogens is 3. The molecule has 4 amide bonds. The Morgan fingerprint density at radius 1 is 0.759 bits per heavy atom. The van der Waals surface area contributed by atoms with E-state index in [-0.39, 0.29) is 40.5 Å². The number of nitrogens with zero attached hydrogens (tertiary/aromatic N) is 2. The van der Waals surface area contributed by atoms with Crippen LogP contribution in [0.2, 0.25) is 5.02 Å². The molecule has 6 unspecified atom stereocenters. The van der Waals surface area contributed by atoms with Crippen LogP contribution in [0.4, 0.5) is 11.4 Å². The van der Waals surface area contributed by atoms with Gasteiger partial charge in [-0.15, -0.1) is 0 Å². The monoisotopic (exact) mass is 918 g/mol. The fourth-order valence-electron chi connectivity index (χ4n) is 9.84. The molecule has 2 aliphatic heterocycles. The standard InChI is InChI=1S/C46H33Br2ClN2O7/c1-58-35-23-33(38(47)39(48)41(35)53)37-30-19-20-31-36(44(56)50(42(31)54)28-17-15-25(16-18-28)40(52)24-9-4-2-5-10-24)32(30)22-34-43(55)51(29-14-8-13-27(49)21-29)45(57)46(34,37)26-11-6-3-7-12-26/h2-19,21,23,31-32,34,36-37,53H,20,22H2,1H3. The molecule has 12 heteroatoms. The number of amides is 4. The molecule has 290 valence electrons. The van der Waals surface area contributed by atoms with E-state index in [4.69, 9.17) is 16.3 Å². The molecule has 3 fully saturated rings. The summed E-state index contributed by atoms with van der Waals surface area (Å²) in [6.07, 6.45) is 2.28. The number of aromatic hydroxyl groups is 1. The molecule has 58 heavy (non-hydrogen) atoms. The minimum atomic E-state index is -1.54. The van der Waals surface area contributed by atoms with Gasteiger partial charge in [0, 0.05) is 26.5 Å². The third-order valence-corrected chi connectivity index (χ3v) is 14.7. The lowest BCUT2D eigenvalue weighted by atomic mass is 9.49. The average molecular weight is 921 g/mol. The molecule has 1 saturated carbocycles. The van der Waals surface area contributed by atoms with E-state index in [0.717, 1.165) is 5.57 Å². The first-order valence-electron chi connectivity index (χ1n) is 18.7. The number of hydrogen-bond donors (Lipinski definition) is 1. The van der Waals surface area contributed by atoms with Crippen LogP contribution in [0.15, 0.2) is 136 Å². The zero-order valence-corrected chi connectivity index (χ0v) is 34.7. The highest BCUT2D eigenvalue weighted by molar-refractivity contribution is 9.13. The summed E-state index contributed by atoms with van der Waals surface area (Å²) in [4.78, 5) is 75.4. The minimum Gasteiger partial charge on any atom is -0.503 e. The number of phenolic OH excluding ortho intramolecular Hbond substituents is 1. The Balaban J connectivity index is 1.20. The molecule has 2 aliphatic carbocycles. The van der Waals surface area contributed by atoms with E-state index in [1.807, 2.05) is 42.5 Å². The fourth-order valence-corrected chi connectivity index (χ4v) is 11.0. The third kappa shape index (κ3) is 5.57. The predicted octanol–water partition coefficient (Wildman–Crippen LogP) is 9.18. The first kappa shape index (κ1) is 38.2. The number of rotatable bonds is 7. The van der Waals surface area contributed by atoms with E-state index >= 15 is 9.59 Å². The van der Waals surface area contributed by atoms with Crippen molar-refractivity contribution in [2.45, 2.75) is 24.2 Å². The second-order valence-electron chi connectivity index (χ2n) is 15.0. The topological polar surface area (TPSA) is 121 Å². The Morgan fingerprint density at radius 2 is 1.43 bits per heavy atom. The van der Waals surface area contributed by atoms with Crippen molar-refractivity contribution < 1.29 is 33.8 Å². The van der Waals surface area contributed by atoms with Crippen LogP contribution in [0.3, 0.4) is 0 Å². The van der Waals surface area contributed by atoms with Gasteiger partial charge in [0.15, 0.2) is 17.3 Å². The van der Waals surface area contributed by atoms with Crippen LogP contribution in [0.25, 0.3) is 0 Å². The van der Waals surface area contributed by atoms with Crippen LogP contribution >= 0.6 is 43.5 Å². The summed E-state index contributed by atoms with van der Waals surface area (Å²) in [5, 5.41) is 11.4. The minimum absolute atomic E-state index is 0.103. The van der Waals surface area contributed by atoms with Crippen molar-refractivity contribution >= 4 is 84.2 Å². The second kappa shape index (κ2) is 14.5. The van der Waals surface area contributed by atoms with Gasteiger partial charge < -0.3 is 9.84 Å². The number of carbonyl (C=O) groups excluding carboxylic acids is 5. The van der Waals surface area contributed by atoms with Crippen molar-refractivity contribution in [3.05, 3.63) is 163 Å². The van der Waals surface area contributed by atoms with Gasteiger partial charge in [-0.2, -0.15) is 0 Å². The number of ketones is 1. The molecule has 2 heterocycles. The SMILES string of the molecule is COc1cc(C2C3=CCC4C(=O)N(c5ccc(C(=O)c6ccccc6)cc5)C(=O)C4C3CC3C(=O)N(c4cccc(Cl)c4)C(=O)C32c2ccccc2)c(Br)c(Br)c1O. The largest absolute Gasteiger partial charge is 0.503 e. The molecule has 0 spiro atoms. The Labute approximate surface area is 355 Å². The molecule has 9 nitrogen and oxygen atoms in total. The number of ether oxygens (including phenoxy) is 1. The molecule has 9 rings (SSSR count). The molecule has 5 aromatic carbocycles. The number of allylic oxidation sites excluding steroid dienone is 2. The molecule has 1 N–H and O–H groups in total. The number of anilines is 2. The highest BCUT2D eigenvalue weighted by atomic mass is 79.9. The van der Waals surface area contributed by atoms with Gasteiger partial charge >= 0.3 is 0 Å². The van der Waals surface area contributed by atoms with E-state index < -0.39 is 52.7 Å². The van der Waals surface area contributed by atoms with Gasteiger partial charge in [-0.1, -0.05) is 90.0 Å². The van der Waals surface area contributed by atoms with E-state index in [1.165, 1.54) is 16.9 Å². The summed E-state index contributed by atoms with van der Waals surface area (Å²) >= 11 is 13.7. The molecular formula is C46H33Br2ClN2O7. The number of hydrogen-bond acceptors (Lipinski definition) is 7. The van der Waals surface area contributed by atoms with Crippen molar-refractivity contribution in [1.29, 1.82) is 0 Å². The summed E-state index contributed by atoms with van der Waals surface area (Å²) in [6.45, 7) is 0. The quantitative estimate of drug-likeness (QED) is 0.0983. The maximum Gasteiger partial charge on any atom is 0.246 e. The number of carbonyl (C=O) groups is 5. The summed E-state index contributed by atoms with van der Waals surface area (Å²) < 4.78 is 6.36. The van der Waals surface area contributed by atoms with E-state index in [0.29, 0.717) is 43.1 Å². The highest BCUT2D eigenvalue weighted by Gasteiger charge is 2.70. The van der Waals surface area contributed by atoms with Crippen LogP contribution in [0.5, 0.6) is 11.5 Å². The maximum atomic E-state index is 15.6. The van der Waals surface area contributed by atoms with Gasteiger partial charge in [-0.3, -0.25) is 28.9 Å². The van der Waals surface area contributed by atoms with Crippen molar-refractivity contribution in [2.24, 2.45) is 23.7 Å². The van der Waals surface area contributed by atoms with Crippen molar-refractivity contribution in [2.75, 3.05) is 16.9 Å². The first-order chi connectivity index (χ1) is 28.0. The zero-order valence-electron chi connectivity index (χ0n) is 30.8. The Hall–Kier alpha value is -5.36. The van der Waals surface area contributed by atoms with Crippen LogP contribution in [0, 0.1) is 23.7 Å². The lowest BCUT2D eigenvalue weighted by Crippen LogP contribution is -2.53. The number of benzene rings is 5. The summed E-state index contributed by atoms with van der Waals surface area (Å²) in [7, 11) is 1.43. The molecule has 0 bridgehead atoms. The van der Waals surface area contributed by atoms with Gasteiger partial charge in [0.2, 0.25) is 23.6 Å². The van der Waals surface area contributed by atoms with Crippen molar-refractivity contribution in [3.8, 4) is 11.5 Å². The van der Waals surface area contributed by atoms with Gasteiger partial charge in [0.1, 0.15) is 0 Å². The predicted molar refractivity (Wildman–Crippen MR) is 225 cm³/mol. The molecule has 5 aromatic rings. The van der Waals surface area contributed by atoms with Gasteiger partial charge in [0.05, 0.1) is 46.1 Å². The summed E-state index contributed by atoms with van der Waals surface area (Å²) in [5.74, 6) is -5.96. The first-order valence-corrected chi connectivity index (χ1v) is 20.7. The van der Waals surface area contributed by atoms with Crippen molar-refractivity contribution in [1.82, 2.24) is 0 Å². The molecule has 6 atom stereocenters. The van der Waals surface area contributed by atoms with Gasteiger partial charge in [0.25, 0.3) is 0 Å². The Kier molecular flexibility index (Phi) is 9.53. The Bertz CT molecular complexity index is 2600. The number of fused-ring (bicyclic) bond motifs is 4. The van der Waals surface area contributed by atoms with Crippen LogP contribution in [-0.2, 0) is 24.6 Å². The zero-order chi connectivity index (χ0) is 40.6. The normalized spacial score (nSPS) is 25.0. The smallest absolute Gasteiger partial charge is 0.246 e. The lowest BCUT2D eigenvalue weighted by molar-refractivity contribution is -0.127. The average Bonchev–Trinajstić information content (AvgIpc) is 3.64. The number of phenols is 1. The molecule has 0 radical (unpaired) electrons. The van der Waals surface area contributed by atoms with Gasteiger partial charge in [-0.25, -0.2) is 4.90 Å². The third-order valence-electron chi connectivity index (χ3n) is 12.3. The number of imide groups is 2. The maximum absolute atomic E-state index is 15.6. The highest BCUT2D eigenvalue weighted by Crippen LogP contribution is 2.66. The second-order valence-corrected chi connectivity index (χ2v) is 17.0. The van der Waals surface area contributed by atoms with Gasteiger partial charge in [-0.05, 0) is 110 Å². The summed E-state index contributed by atoms with van der Waals surface area (Å²) in [5.41, 5.74) is 1.95. The van der Waals surface area contributed by atoms with Crippen LogP contribution < -0.4 is 14.5 Å². The molecule has 4 aliphatic rings. The molecular weight excluding hydrogens is 888 g/mol. The van der Waals surface area contributed by atoms with E-state index in [9.17, 15) is 19.5 Å². The lowest BCUT2D eigenvalue weighted by Gasteiger charge is -2.51. The molecule has 0 aromatic heterocycles. The summed E-state index contributed by atoms with van der Waals surface area (Å²) in [6, 6.07) is 32.7. The van der Waals surface area contributed by atoms with Crippen LogP contribution in [0.1, 0.15) is 45.8 Å². The van der Waals surface area contributed by atoms with E-state index in [2.05, 4.69) is 31.9 Å². The van der Waals surface area contributed by atoms with Crippen molar-refractivity contribution in [3.63, 3.8) is 0 Å². The fraction of sp³-hybridized carbons (Fsp3) is 0.196. The Morgan fingerprint density at radius 3 is 2.10 bits per heavy atom. The number of methoxy groups -OCH3 is 1.